The Hall–Kier alpha value is -1.59. The van der Waals surface area contributed by atoms with Crippen molar-refractivity contribution in [3.8, 4) is 0 Å². The molecule has 0 spiro atoms. The predicted octanol–water partition coefficient (Wildman–Crippen LogP) is 2.19. The van der Waals surface area contributed by atoms with Crippen LogP contribution in [0.3, 0.4) is 0 Å². The maximum absolute atomic E-state index is 14.4. The van der Waals surface area contributed by atoms with E-state index < -0.39 is 45.3 Å². The first-order valence-corrected chi connectivity index (χ1v) is 12.2. The Kier molecular flexibility index (Phi) is 5.30. The molecule has 0 bridgehead atoms. The van der Waals surface area contributed by atoms with Gasteiger partial charge in [0, 0.05) is 12.6 Å². The molecule has 0 aromatic carbocycles. The van der Waals surface area contributed by atoms with Crippen LogP contribution in [0.25, 0.3) is 11.0 Å². The van der Waals surface area contributed by atoms with Crippen molar-refractivity contribution in [1.29, 1.82) is 0 Å². The number of aliphatic hydroxyl groups is 2. The minimum Gasteiger partial charge on any atom is -0.411 e. The van der Waals surface area contributed by atoms with Crippen LogP contribution in [0, 0.1) is 5.82 Å². The molecule has 3 rings (SSSR count). The van der Waals surface area contributed by atoms with Gasteiger partial charge in [-0.05, 0) is 18.1 Å². The second kappa shape index (κ2) is 7.03. The Morgan fingerprint density at radius 1 is 1.36 bits per heavy atom. The topological polar surface area (TPSA) is 116 Å². The van der Waals surface area contributed by atoms with Gasteiger partial charge in [-0.15, -0.1) is 0 Å². The fraction of sp³-hybridized carbons (Fsp3) is 0.667. The number of anilines is 1. The van der Waals surface area contributed by atoms with Crippen LogP contribution in [0.1, 0.15) is 33.4 Å². The van der Waals surface area contributed by atoms with E-state index in [4.69, 9.17) is 14.9 Å². The fourth-order valence-electron chi connectivity index (χ4n) is 3.26. The number of rotatable bonds is 5. The fourth-order valence-corrected chi connectivity index (χ4v) is 4.64. The highest BCUT2D eigenvalue weighted by Crippen LogP contribution is 2.45. The second-order valence-corrected chi connectivity index (χ2v) is 13.7. The Labute approximate surface area is 164 Å². The minimum absolute atomic E-state index is 0.0453. The largest absolute Gasteiger partial charge is 0.411 e. The van der Waals surface area contributed by atoms with Gasteiger partial charge in [-0.25, -0.2) is 14.4 Å². The summed E-state index contributed by atoms with van der Waals surface area (Å²) in [5.74, 6) is -0.507. The van der Waals surface area contributed by atoms with Gasteiger partial charge in [0.15, 0.2) is 19.8 Å². The summed E-state index contributed by atoms with van der Waals surface area (Å²) in [7, 11) is -2.21. The lowest BCUT2D eigenvalue weighted by molar-refractivity contribution is -0.146. The third-order valence-electron chi connectivity index (χ3n) is 6.05. The molecule has 1 saturated heterocycles. The summed E-state index contributed by atoms with van der Waals surface area (Å²) in [4.78, 5) is 7.97. The van der Waals surface area contributed by atoms with Gasteiger partial charge in [-0.3, -0.25) is 0 Å². The summed E-state index contributed by atoms with van der Waals surface area (Å²) in [6.07, 6.45) is 1.64. The highest BCUT2D eigenvalue weighted by molar-refractivity contribution is 6.74. The molecule has 2 aromatic heterocycles. The first kappa shape index (κ1) is 21.1. The van der Waals surface area contributed by atoms with Gasteiger partial charge in [-0.1, -0.05) is 20.8 Å². The zero-order chi connectivity index (χ0) is 20.9. The summed E-state index contributed by atoms with van der Waals surface area (Å²) in [6, 6.07) is 0. The molecule has 1 aliphatic heterocycles. The number of hydrogen-bond acceptors (Lipinski definition) is 7. The monoisotopic (exact) mass is 412 g/mol. The van der Waals surface area contributed by atoms with E-state index in [0.717, 1.165) is 0 Å². The molecule has 0 aliphatic carbocycles. The van der Waals surface area contributed by atoms with Crippen molar-refractivity contribution in [2.75, 3.05) is 18.9 Å². The van der Waals surface area contributed by atoms with E-state index in [1.54, 1.807) is 0 Å². The summed E-state index contributed by atoms with van der Waals surface area (Å²) in [5, 5.41) is 20.1. The molecule has 1 fully saturated rings. The van der Waals surface area contributed by atoms with Crippen LogP contribution in [0.4, 0.5) is 10.2 Å². The van der Waals surface area contributed by atoms with Gasteiger partial charge in [0.25, 0.3) is 0 Å². The third kappa shape index (κ3) is 3.33. The van der Waals surface area contributed by atoms with Crippen molar-refractivity contribution in [1.82, 2.24) is 14.5 Å². The van der Waals surface area contributed by atoms with Crippen molar-refractivity contribution in [2.45, 2.75) is 63.3 Å². The van der Waals surface area contributed by atoms with Crippen LogP contribution >= 0.6 is 0 Å². The van der Waals surface area contributed by atoms with E-state index >= 15 is 0 Å². The molecule has 28 heavy (non-hydrogen) atoms. The standard InChI is InChI=1S/C18H29FN4O4Si/c1-17(2,3)28(4,5)27-12-6-13(26-18(12,8-24)9-25)23-7-11(19)14-15(20)21-10-22-16(14)23/h7,10,12-13,24-25H,6,8-9H2,1-5H3,(H2,20,21,22)/t12?,13-/m1/s1. The van der Waals surface area contributed by atoms with Crippen molar-refractivity contribution in [2.24, 2.45) is 0 Å². The van der Waals surface area contributed by atoms with E-state index in [1.807, 2.05) is 0 Å². The SMILES string of the molecule is CC(C)(C)[Si](C)(C)OC1C[C@H](n2cc(F)c3c(N)ncnc32)OC1(CO)CO. The number of hydrogen-bond donors (Lipinski definition) is 3. The summed E-state index contributed by atoms with van der Waals surface area (Å²) >= 11 is 0. The smallest absolute Gasteiger partial charge is 0.192 e. The molecule has 8 nitrogen and oxygen atoms in total. The van der Waals surface area contributed by atoms with Gasteiger partial charge in [0.2, 0.25) is 0 Å². The number of fused-ring (bicyclic) bond motifs is 1. The Morgan fingerprint density at radius 2 is 2.00 bits per heavy atom. The number of aromatic nitrogens is 3. The molecule has 3 heterocycles. The maximum atomic E-state index is 14.4. The van der Waals surface area contributed by atoms with E-state index in [1.165, 1.54) is 17.1 Å². The number of ether oxygens (including phenoxy) is 1. The predicted molar refractivity (Wildman–Crippen MR) is 106 cm³/mol. The molecule has 10 heteroatoms. The van der Waals surface area contributed by atoms with Gasteiger partial charge >= 0.3 is 0 Å². The first-order chi connectivity index (χ1) is 13.0. The summed E-state index contributed by atoms with van der Waals surface area (Å²) in [6.45, 7) is 9.69. The van der Waals surface area contributed by atoms with Gasteiger partial charge < -0.3 is 29.7 Å². The van der Waals surface area contributed by atoms with Crippen LogP contribution in [0.2, 0.25) is 18.1 Å². The van der Waals surface area contributed by atoms with Gasteiger partial charge in [0.1, 0.15) is 24.0 Å². The van der Waals surface area contributed by atoms with Crippen molar-refractivity contribution >= 4 is 25.2 Å². The first-order valence-electron chi connectivity index (χ1n) is 9.29. The molecule has 156 valence electrons. The molecule has 2 aromatic rings. The zero-order valence-electron chi connectivity index (χ0n) is 16.9. The Morgan fingerprint density at radius 3 is 2.57 bits per heavy atom. The minimum atomic E-state index is -2.21. The summed E-state index contributed by atoms with van der Waals surface area (Å²) < 4.78 is 28.5. The number of nitrogens with zero attached hydrogens (tertiary/aromatic N) is 3. The third-order valence-corrected chi connectivity index (χ3v) is 10.5. The van der Waals surface area contributed by atoms with E-state index in [9.17, 15) is 14.6 Å². The summed E-state index contributed by atoms with van der Waals surface area (Å²) in [5.41, 5.74) is 4.80. The maximum Gasteiger partial charge on any atom is 0.192 e. The lowest BCUT2D eigenvalue weighted by Crippen LogP contribution is -2.54. The van der Waals surface area contributed by atoms with Crippen molar-refractivity contribution in [3.63, 3.8) is 0 Å². The van der Waals surface area contributed by atoms with Crippen LogP contribution in [0.15, 0.2) is 12.5 Å². The molecule has 1 aliphatic rings. The molecule has 4 N–H and O–H groups in total. The molecule has 0 saturated carbocycles. The molecule has 0 radical (unpaired) electrons. The highest BCUT2D eigenvalue weighted by Gasteiger charge is 2.53. The average Bonchev–Trinajstić information content (AvgIpc) is 3.13. The van der Waals surface area contributed by atoms with Crippen molar-refractivity contribution in [3.05, 3.63) is 18.3 Å². The van der Waals surface area contributed by atoms with Crippen LogP contribution < -0.4 is 5.73 Å². The van der Waals surface area contributed by atoms with E-state index in [0.29, 0.717) is 12.1 Å². The number of halogens is 1. The van der Waals surface area contributed by atoms with E-state index in [-0.39, 0.29) is 16.2 Å². The zero-order valence-corrected chi connectivity index (χ0v) is 17.9. The van der Waals surface area contributed by atoms with Gasteiger partial charge in [0.05, 0.1) is 24.7 Å². The Balaban J connectivity index is 1.99. The molecule has 0 amide bonds. The molecule has 1 unspecified atom stereocenters. The lowest BCUT2D eigenvalue weighted by atomic mass is 9.99. The number of aliphatic hydroxyl groups excluding tert-OH is 2. The highest BCUT2D eigenvalue weighted by atomic mass is 28.4. The Bertz CT molecular complexity index is 863. The van der Waals surface area contributed by atoms with Crippen LogP contribution in [-0.4, -0.2) is 58.0 Å². The van der Waals surface area contributed by atoms with Crippen LogP contribution in [-0.2, 0) is 9.16 Å². The molecular formula is C18H29FN4O4Si. The van der Waals surface area contributed by atoms with Gasteiger partial charge in [-0.2, -0.15) is 0 Å². The lowest BCUT2D eigenvalue weighted by Gasteiger charge is -2.42. The number of nitrogen functional groups attached to an aromatic ring is 1. The normalized spacial score (nSPS) is 22.9. The van der Waals surface area contributed by atoms with Crippen molar-refractivity contribution < 1.29 is 23.8 Å². The molecular weight excluding hydrogens is 383 g/mol. The quantitative estimate of drug-likeness (QED) is 0.645. The van der Waals surface area contributed by atoms with E-state index in [2.05, 4.69) is 43.8 Å². The average molecular weight is 413 g/mol. The molecule has 2 atom stereocenters. The second-order valence-electron chi connectivity index (χ2n) is 8.90. The van der Waals surface area contributed by atoms with Crippen LogP contribution in [0.5, 0.6) is 0 Å². The number of nitrogens with two attached hydrogens (primary N) is 1.